The van der Waals surface area contributed by atoms with Crippen LogP contribution >= 0.6 is 11.8 Å². The van der Waals surface area contributed by atoms with Crippen LogP contribution in [-0.2, 0) is 0 Å². The lowest BCUT2D eigenvalue weighted by molar-refractivity contribution is -0.384. The summed E-state index contributed by atoms with van der Waals surface area (Å²) in [6.07, 6.45) is 1.66. The summed E-state index contributed by atoms with van der Waals surface area (Å²) < 4.78 is 0. The van der Waals surface area contributed by atoms with Gasteiger partial charge < -0.3 is 4.98 Å². The molecule has 2 aromatic heterocycles. The van der Waals surface area contributed by atoms with Crippen LogP contribution in [0.1, 0.15) is 0 Å². The molecule has 7 heteroatoms. The highest BCUT2D eigenvalue weighted by atomic mass is 32.2. The SMILES string of the molecule is O=c1[nH]c2ccc([N+](=O)[O-])cc2c(-c2ccccc2)c1Sc1ccccn1. The third kappa shape index (κ3) is 3.32. The van der Waals surface area contributed by atoms with E-state index in [1.54, 1.807) is 18.3 Å². The number of fused-ring (bicyclic) bond motifs is 1. The number of pyridine rings is 2. The van der Waals surface area contributed by atoms with E-state index in [0.29, 0.717) is 26.4 Å². The van der Waals surface area contributed by atoms with E-state index in [4.69, 9.17) is 0 Å². The van der Waals surface area contributed by atoms with Crippen molar-refractivity contribution in [3.05, 3.63) is 93.4 Å². The first-order valence-electron chi connectivity index (χ1n) is 8.12. The molecule has 0 saturated carbocycles. The minimum absolute atomic E-state index is 0.0273. The van der Waals surface area contributed by atoms with Crippen LogP contribution in [0.3, 0.4) is 0 Å². The van der Waals surface area contributed by atoms with E-state index in [1.165, 1.54) is 23.9 Å². The molecule has 0 radical (unpaired) electrons. The highest BCUT2D eigenvalue weighted by molar-refractivity contribution is 7.99. The van der Waals surface area contributed by atoms with Gasteiger partial charge in [-0.3, -0.25) is 14.9 Å². The maximum Gasteiger partial charge on any atom is 0.270 e. The van der Waals surface area contributed by atoms with Gasteiger partial charge in [0.1, 0.15) is 5.03 Å². The summed E-state index contributed by atoms with van der Waals surface area (Å²) in [5.74, 6) is 0. The van der Waals surface area contributed by atoms with E-state index in [0.717, 1.165) is 5.56 Å². The maximum atomic E-state index is 12.8. The third-order valence-electron chi connectivity index (χ3n) is 4.07. The Morgan fingerprint density at radius 2 is 1.78 bits per heavy atom. The standard InChI is InChI=1S/C20H13N3O3S/c24-20-19(27-17-8-4-5-11-21-17)18(13-6-2-1-3-7-13)15-12-14(23(25)26)9-10-16(15)22-20/h1-12H,(H,22,24). The van der Waals surface area contributed by atoms with Crippen molar-refractivity contribution in [1.82, 2.24) is 9.97 Å². The van der Waals surface area contributed by atoms with Crippen molar-refractivity contribution in [2.24, 2.45) is 0 Å². The molecule has 132 valence electrons. The zero-order valence-electron chi connectivity index (χ0n) is 14.0. The monoisotopic (exact) mass is 375 g/mol. The molecule has 0 bridgehead atoms. The second kappa shape index (κ2) is 7.05. The molecule has 0 saturated heterocycles. The topological polar surface area (TPSA) is 88.9 Å². The molecule has 0 fully saturated rings. The Bertz CT molecular complexity index is 1190. The summed E-state index contributed by atoms with van der Waals surface area (Å²) in [5, 5.41) is 12.5. The summed E-state index contributed by atoms with van der Waals surface area (Å²) in [4.78, 5) is 31.2. The van der Waals surface area contributed by atoms with Crippen LogP contribution in [0.5, 0.6) is 0 Å². The largest absolute Gasteiger partial charge is 0.321 e. The Morgan fingerprint density at radius 3 is 2.48 bits per heavy atom. The third-order valence-corrected chi connectivity index (χ3v) is 5.12. The van der Waals surface area contributed by atoms with Gasteiger partial charge in [-0.05, 0) is 23.8 Å². The van der Waals surface area contributed by atoms with Crippen LogP contribution in [-0.4, -0.2) is 14.9 Å². The van der Waals surface area contributed by atoms with Gasteiger partial charge in [-0.1, -0.05) is 48.2 Å². The van der Waals surface area contributed by atoms with Crippen molar-refractivity contribution in [1.29, 1.82) is 0 Å². The summed E-state index contributed by atoms with van der Waals surface area (Å²) >= 11 is 1.24. The molecule has 2 heterocycles. The lowest BCUT2D eigenvalue weighted by atomic mass is 10.0. The Labute approximate surface area is 158 Å². The molecule has 6 nitrogen and oxygen atoms in total. The molecular weight excluding hydrogens is 362 g/mol. The summed E-state index contributed by atoms with van der Waals surface area (Å²) in [7, 11) is 0. The number of H-pyrrole nitrogens is 1. The van der Waals surface area contributed by atoms with Crippen LogP contribution in [0.4, 0.5) is 5.69 Å². The number of non-ortho nitro benzene ring substituents is 1. The lowest BCUT2D eigenvalue weighted by Crippen LogP contribution is -2.10. The quantitative estimate of drug-likeness (QED) is 0.414. The smallest absolute Gasteiger partial charge is 0.270 e. The molecule has 27 heavy (non-hydrogen) atoms. The number of nitrogens with one attached hydrogen (secondary N) is 1. The normalized spacial score (nSPS) is 10.8. The highest BCUT2D eigenvalue weighted by Gasteiger charge is 2.18. The number of aromatic nitrogens is 2. The predicted molar refractivity (Wildman–Crippen MR) is 105 cm³/mol. The van der Waals surface area contributed by atoms with Gasteiger partial charge in [-0.2, -0.15) is 0 Å². The van der Waals surface area contributed by atoms with Gasteiger partial charge in [-0.25, -0.2) is 4.98 Å². The number of hydrogen-bond donors (Lipinski definition) is 1. The first kappa shape index (κ1) is 17.0. The molecule has 0 aliphatic carbocycles. The zero-order chi connectivity index (χ0) is 18.8. The first-order valence-corrected chi connectivity index (χ1v) is 8.94. The van der Waals surface area contributed by atoms with Crippen molar-refractivity contribution in [2.75, 3.05) is 0 Å². The highest BCUT2D eigenvalue weighted by Crippen LogP contribution is 2.38. The second-order valence-electron chi connectivity index (χ2n) is 5.78. The summed E-state index contributed by atoms with van der Waals surface area (Å²) in [6, 6.07) is 19.3. The molecular formula is C20H13N3O3S. The molecule has 1 N–H and O–H groups in total. The Morgan fingerprint density at radius 1 is 1.00 bits per heavy atom. The fraction of sp³-hybridized carbons (Fsp3) is 0. The molecule has 0 unspecified atom stereocenters. The van der Waals surface area contributed by atoms with Crippen molar-refractivity contribution in [3.8, 4) is 11.1 Å². The van der Waals surface area contributed by atoms with Crippen LogP contribution in [0.15, 0.2) is 87.6 Å². The van der Waals surface area contributed by atoms with E-state index in [-0.39, 0.29) is 11.2 Å². The molecule has 4 aromatic rings. The number of nitro benzene ring substituents is 1. The average molecular weight is 375 g/mol. The van der Waals surface area contributed by atoms with E-state index in [9.17, 15) is 14.9 Å². The van der Waals surface area contributed by atoms with Gasteiger partial charge in [0, 0.05) is 34.8 Å². The molecule has 0 spiro atoms. The van der Waals surface area contributed by atoms with Crippen LogP contribution in [0, 0.1) is 10.1 Å². The number of nitro groups is 1. The van der Waals surface area contributed by atoms with Crippen molar-refractivity contribution >= 4 is 28.4 Å². The molecule has 0 atom stereocenters. The number of aromatic amines is 1. The van der Waals surface area contributed by atoms with E-state index < -0.39 is 4.92 Å². The predicted octanol–water partition coefficient (Wildman–Crippen LogP) is 4.65. The van der Waals surface area contributed by atoms with E-state index in [1.807, 2.05) is 42.5 Å². The van der Waals surface area contributed by atoms with Gasteiger partial charge >= 0.3 is 0 Å². The molecule has 4 rings (SSSR count). The van der Waals surface area contributed by atoms with Gasteiger partial charge in [0.2, 0.25) is 0 Å². The van der Waals surface area contributed by atoms with Crippen LogP contribution < -0.4 is 5.56 Å². The number of benzene rings is 2. The van der Waals surface area contributed by atoms with Crippen molar-refractivity contribution in [2.45, 2.75) is 9.92 Å². The number of hydrogen-bond acceptors (Lipinski definition) is 5. The van der Waals surface area contributed by atoms with Gasteiger partial charge in [0.05, 0.1) is 9.82 Å². The number of nitrogens with zero attached hydrogens (tertiary/aromatic N) is 2. The zero-order valence-corrected chi connectivity index (χ0v) is 14.8. The maximum absolute atomic E-state index is 12.8. The fourth-order valence-electron chi connectivity index (χ4n) is 2.88. The number of rotatable bonds is 4. The minimum atomic E-state index is -0.440. The first-order chi connectivity index (χ1) is 13.1. The molecule has 0 aliphatic heterocycles. The van der Waals surface area contributed by atoms with Gasteiger partial charge in [0.15, 0.2) is 0 Å². The summed E-state index contributed by atoms with van der Waals surface area (Å²) in [6.45, 7) is 0. The van der Waals surface area contributed by atoms with Crippen LogP contribution in [0.25, 0.3) is 22.0 Å². The van der Waals surface area contributed by atoms with E-state index >= 15 is 0 Å². The van der Waals surface area contributed by atoms with E-state index in [2.05, 4.69) is 9.97 Å². The van der Waals surface area contributed by atoms with Crippen molar-refractivity contribution in [3.63, 3.8) is 0 Å². The second-order valence-corrected chi connectivity index (χ2v) is 6.81. The molecule has 2 aromatic carbocycles. The van der Waals surface area contributed by atoms with Crippen molar-refractivity contribution < 1.29 is 4.92 Å². The van der Waals surface area contributed by atoms with Gasteiger partial charge in [0.25, 0.3) is 11.2 Å². The summed E-state index contributed by atoms with van der Waals surface area (Å²) in [5.41, 5.74) is 1.74. The molecule has 0 aliphatic rings. The fourth-order valence-corrected chi connectivity index (χ4v) is 3.82. The average Bonchev–Trinajstić information content (AvgIpc) is 2.69. The molecule has 0 amide bonds. The Balaban J connectivity index is 2.05. The lowest BCUT2D eigenvalue weighted by Gasteiger charge is -2.12. The Kier molecular flexibility index (Phi) is 4.43. The van der Waals surface area contributed by atoms with Gasteiger partial charge in [-0.15, -0.1) is 0 Å². The minimum Gasteiger partial charge on any atom is -0.321 e. The van der Waals surface area contributed by atoms with Crippen LogP contribution in [0.2, 0.25) is 0 Å². The Hall–Kier alpha value is -3.45.